The van der Waals surface area contributed by atoms with Gasteiger partial charge in [0.05, 0.1) is 25.4 Å². The summed E-state index contributed by atoms with van der Waals surface area (Å²) in [4.78, 5) is 13.0. The average molecular weight is 742 g/mol. The van der Waals surface area contributed by atoms with Crippen molar-refractivity contribution in [3.05, 3.63) is 36.5 Å². The number of aliphatic hydroxyl groups is 7. The molecule has 0 radical (unpaired) electrons. The lowest BCUT2D eigenvalue weighted by Crippen LogP contribution is -2.60. The maximum Gasteiger partial charge on any atom is 0.249 e. The van der Waals surface area contributed by atoms with Crippen molar-refractivity contribution in [1.29, 1.82) is 0 Å². The first kappa shape index (κ1) is 48.3. The molecule has 52 heavy (non-hydrogen) atoms. The molecule has 1 heterocycles. The highest BCUT2D eigenvalue weighted by Gasteiger charge is 2.44. The monoisotopic (exact) mass is 742 g/mol. The number of unbranched alkanes of at least 4 members (excludes halogenated alkanes) is 14. The van der Waals surface area contributed by atoms with E-state index in [4.69, 9.17) is 9.47 Å². The van der Waals surface area contributed by atoms with E-state index in [9.17, 15) is 40.5 Å². The van der Waals surface area contributed by atoms with E-state index in [1.807, 2.05) is 0 Å². The molecule has 1 aliphatic rings. The van der Waals surface area contributed by atoms with E-state index in [1.54, 1.807) is 0 Å². The molecule has 8 N–H and O–H groups in total. The van der Waals surface area contributed by atoms with Crippen molar-refractivity contribution in [1.82, 2.24) is 5.32 Å². The molecular formula is C41H75NO10. The molecule has 0 aromatic carbocycles. The number of nitrogens with one attached hydrogen (secondary N) is 1. The van der Waals surface area contributed by atoms with Gasteiger partial charge in [0.15, 0.2) is 6.29 Å². The minimum absolute atomic E-state index is 0.241. The first-order chi connectivity index (χ1) is 25.2. The molecule has 0 aliphatic carbocycles. The molecule has 0 bridgehead atoms. The van der Waals surface area contributed by atoms with Crippen LogP contribution in [0.5, 0.6) is 0 Å². The number of carbonyl (C=O) groups is 1. The largest absolute Gasteiger partial charge is 0.394 e. The van der Waals surface area contributed by atoms with Crippen LogP contribution >= 0.6 is 0 Å². The second kappa shape index (κ2) is 31.7. The van der Waals surface area contributed by atoms with E-state index >= 15 is 0 Å². The Balaban J connectivity index is 2.58. The molecular weight excluding hydrogens is 666 g/mol. The summed E-state index contributed by atoms with van der Waals surface area (Å²) in [5.74, 6) is -0.718. The molecule has 304 valence electrons. The second-order valence-corrected chi connectivity index (χ2v) is 14.3. The minimum Gasteiger partial charge on any atom is -0.394 e. The Morgan fingerprint density at radius 2 is 1.15 bits per heavy atom. The maximum atomic E-state index is 13.0. The fraction of sp³-hybridized carbons (Fsp3) is 0.829. The van der Waals surface area contributed by atoms with Crippen LogP contribution in [0.2, 0.25) is 0 Å². The highest BCUT2D eigenvalue weighted by atomic mass is 16.7. The molecule has 9 unspecified atom stereocenters. The number of amides is 1. The van der Waals surface area contributed by atoms with Gasteiger partial charge in [-0.25, -0.2) is 0 Å². The Kier molecular flexibility index (Phi) is 29.4. The van der Waals surface area contributed by atoms with Gasteiger partial charge in [-0.1, -0.05) is 127 Å². The van der Waals surface area contributed by atoms with Crippen molar-refractivity contribution in [2.75, 3.05) is 13.2 Å². The minimum atomic E-state index is -1.67. The third kappa shape index (κ3) is 21.9. The SMILES string of the molecule is CCCC/C=C/CC/C=C/CC/C=C/CCCC(O)C(O)C(COC1OC(CO)C(O)C(O)C1O)NC(=O)C(O)CCCCCCCCCCCC. The van der Waals surface area contributed by atoms with Gasteiger partial charge >= 0.3 is 0 Å². The zero-order valence-electron chi connectivity index (χ0n) is 32.3. The third-order valence-corrected chi connectivity index (χ3v) is 9.65. The summed E-state index contributed by atoms with van der Waals surface area (Å²) in [6.45, 7) is 3.32. The number of carbonyl (C=O) groups excluding carboxylic acids is 1. The van der Waals surface area contributed by atoms with Crippen LogP contribution in [0.25, 0.3) is 0 Å². The standard InChI is InChI=1S/C41H75NO10/c1-3-5-7-9-11-13-15-16-17-18-19-21-22-24-26-28-33(44)36(46)32(31-51-41-39(49)38(48)37(47)35(30-43)52-41)42-40(50)34(45)29-27-25-23-20-14-12-10-8-6-4-2/h9,11,16-17,21-22,32-39,41,43-49H,3-8,10,12-15,18-20,23-31H2,1-2H3,(H,42,50)/b11-9+,17-16+,22-21+. The lowest BCUT2D eigenvalue weighted by Gasteiger charge is -2.40. The van der Waals surface area contributed by atoms with E-state index in [0.29, 0.717) is 19.3 Å². The molecule has 1 rings (SSSR count). The maximum absolute atomic E-state index is 13.0. The highest BCUT2D eigenvalue weighted by molar-refractivity contribution is 5.80. The quantitative estimate of drug-likeness (QED) is 0.0333. The lowest BCUT2D eigenvalue weighted by molar-refractivity contribution is -0.303. The summed E-state index contributed by atoms with van der Waals surface area (Å²) in [5, 5.41) is 75.2. The van der Waals surface area contributed by atoms with Gasteiger partial charge in [0, 0.05) is 0 Å². The van der Waals surface area contributed by atoms with Crippen molar-refractivity contribution >= 4 is 5.91 Å². The van der Waals surface area contributed by atoms with E-state index in [1.165, 1.54) is 51.4 Å². The Labute approximate surface area is 314 Å². The van der Waals surface area contributed by atoms with Gasteiger partial charge in [-0.3, -0.25) is 4.79 Å². The first-order valence-corrected chi connectivity index (χ1v) is 20.4. The zero-order chi connectivity index (χ0) is 38.4. The topological polar surface area (TPSA) is 189 Å². The van der Waals surface area contributed by atoms with E-state index in [0.717, 1.165) is 51.4 Å². The smallest absolute Gasteiger partial charge is 0.249 e. The van der Waals surface area contributed by atoms with E-state index < -0.39 is 74.2 Å². The van der Waals surface area contributed by atoms with Crippen LogP contribution in [-0.4, -0.2) is 110 Å². The normalized spacial score (nSPS) is 23.4. The molecule has 1 amide bonds. The predicted molar refractivity (Wildman–Crippen MR) is 205 cm³/mol. The number of hydrogen-bond acceptors (Lipinski definition) is 10. The molecule has 0 spiro atoms. The van der Waals surface area contributed by atoms with Crippen LogP contribution in [-0.2, 0) is 14.3 Å². The van der Waals surface area contributed by atoms with Gasteiger partial charge in [0.2, 0.25) is 5.91 Å². The summed E-state index contributed by atoms with van der Waals surface area (Å²) in [6, 6.07) is -1.19. The average Bonchev–Trinajstić information content (AvgIpc) is 3.14. The summed E-state index contributed by atoms with van der Waals surface area (Å²) in [5.41, 5.74) is 0. The predicted octanol–water partition coefficient (Wildman–Crippen LogP) is 5.27. The third-order valence-electron chi connectivity index (χ3n) is 9.65. The summed E-state index contributed by atoms with van der Waals surface area (Å²) >= 11 is 0. The van der Waals surface area contributed by atoms with Crippen LogP contribution < -0.4 is 5.32 Å². The van der Waals surface area contributed by atoms with E-state index in [-0.39, 0.29) is 12.8 Å². The summed E-state index contributed by atoms with van der Waals surface area (Å²) in [7, 11) is 0. The van der Waals surface area contributed by atoms with Crippen molar-refractivity contribution in [2.45, 2.75) is 204 Å². The van der Waals surface area contributed by atoms with Crippen LogP contribution in [0, 0.1) is 0 Å². The number of rotatable bonds is 32. The zero-order valence-corrected chi connectivity index (χ0v) is 32.3. The number of aliphatic hydroxyl groups excluding tert-OH is 7. The molecule has 0 aromatic rings. The molecule has 1 saturated heterocycles. The Morgan fingerprint density at radius 1 is 0.654 bits per heavy atom. The fourth-order valence-corrected chi connectivity index (χ4v) is 6.16. The molecule has 11 nitrogen and oxygen atoms in total. The second-order valence-electron chi connectivity index (χ2n) is 14.3. The fourth-order valence-electron chi connectivity index (χ4n) is 6.16. The van der Waals surface area contributed by atoms with Gasteiger partial charge in [0.1, 0.15) is 36.6 Å². The van der Waals surface area contributed by atoms with E-state index in [2.05, 4.69) is 55.6 Å². The van der Waals surface area contributed by atoms with Gasteiger partial charge in [-0.2, -0.15) is 0 Å². The Bertz CT molecular complexity index is 945. The van der Waals surface area contributed by atoms with Crippen LogP contribution in [0.15, 0.2) is 36.5 Å². The lowest BCUT2D eigenvalue weighted by atomic mass is 9.98. The van der Waals surface area contributed by atoms with Gasteiger partial charge < -0.3 is 50.5 Å². The van der Waals surface area contributed by atoms with Crippen molar-refractivity contribution in [2.24, 2.45) is 0 Å². The van der Waals surface area contributed by atoms with Crippen molar-refractivity contribution < 1.29 is 50.0 Å². The van der Waals surface area contributed by atoms with Crippen LogP contribution in [0.1, 0.15) is 149 Å². The molecule has 0 aromatic heterocycles. The van der Waals surface area contributed by atoms with Gasteiger partial charge in [0.25, 0.3) is 0 Å². The molecule has 1 aliphatic heterocycles. The molecule has 9 atom stereocenters. The molecule has 1 fully saturated rings. The number of allylic oxidation sites excluding steroid dienone is 6. The van der Waals surface area contributed by atoms with Crippen LogP contribution in [0.3, 0.4) is 0 Å². The van der Waals surface area contributed by atoms with Crippen molar-refractivity contribution in [3.63, 3.8) is 0 Å². The summed E-state index contributed by atoms with van der Waals surface area (Å²) < 4.78 is 11.0. The summed E-state index contributed by atoms with van der Waals surface area (Å²) in [6.07, 6.45) is 22.1. The van der Waals surface area contributed by atoms with Gasteiger partial charge in [-0.15, -0.1) is 0 Å². The molecule has 11 heteroatoms. The number of hydrogen-bond donors (Lipinski definition) is 8. The Hall–Kier alpha value is -1.67. The van der Waals surface area contributed by atoms with Gasteiger partial charge in [-0.05, 0) is 57.8 Å². The first-order valence-electron chi connectivity index (χ1n) is 20.4. The Morgan fingerprint density at radius 3 is 1.69 bits per heavy atom. The highest BCUT2D eigenvalue weighted by Crippen LogP contribution is 2.23. The van der Waals surface area contributed by atoms with Crippen LogP contribution in [0.4, 0.5) is 0 Å². The number of ether oxygens (including phenoxy) is 2. The molecule has 0 saturated carbocycles. The van der Waals surface area contributed by atoms with Crippen molar-refractivity contribution in [3.8, 4) is 0 Å².